The molecule has 1 aromatic rings. The van der Waals surface area contributed by atoms with Crippen LogP contribution in [0.3, 0.4) is 0 Å². The van der Waals surface area contributed by atoms with Gasteiger partial charge in [-0.3, -0.25) is 4.79 Å². The third-order valence-corrected chi connectivity index (χ3v) is 3.83. The Kier molecular flexibility index (Phi) is 9.80. The molecule has 0 radical (unpaired) electrons. The van der Waals surface area contributed by atoms with Gasteiger partial charge in [-0.2, -0.15) is 0 Å². The molecule has 4 nitrogen and oxygen atoms in total. The molecule has 1 aliphatic heterocycles. The van der Waals surface area contributed by atoms with Crippen molar-refractivity contribution in [3.63, 3.8) is 0 Å². The first-order valence-corrected chi connectivity index (χ1v) is 7.00. The molecule has 0 aliphatic carbocycles. The summed E-state index contributed by atoms with van der Waals surface area (Å²) >= 11 is 0. The van der Waals surface area contributed by atoms with Crippen LogP contribution >= 0.6 is 24.8 Å². The summed E-state index contributed by atoms with van der Waals surface area (Å²) in [5, 5.41) is 9.52. The van der Waals surface area contributed by atoms with E-state index >= 15 is 0 Å². The molecule has 0 amide bonds. The lowest BCUT2D eigenvalue weighted by atomic mass is 9.89. The Morgan fingerprint density at radius 2 is 1.82 bits per heavy atom. The summed E-state index contributed by atoms with van der Waals surface area (Å²) in [7, 11) is 0. The van der Waals surface area contributed by atoms with Gasteiger partial charge in [0.25, 0.3) is 0 Å². The number of rotatable bonds is 5. The van der Waals surface area contributed by atoms with Crippen LogP contribution in [0.4, 0.5) is 4.39 Å². The van der Waals surface area contributed by atoms with Crippen LogP contribution in [0, 0.1) is 11.7 Å². The van der Waals surface area contributed by atoms with Gasteiger partial charge in [0.15, 0.2) is 5.78 Å². The Morgan fingerprint density at radius 3 is 2.32 bits per heavy atom. The number of β-amino-alcohol motifs (C(OH)–C–C–N with tert-alkyl or cyclic N) is 1. The number of aliphatic hydroxyl groups excluding tert-OH is 1. The third kappa shape index (κ3) is 5.82. The highest BCUT2D eigenvalue weighted by atomic mass is 35.5. The van der Waals surface area contributed by atoms with Crippen molar-refractivity contribution < 1.29 is 14.3 Å². The minimum atomic E-state index is -0.501. The van der Waals surface area contributed by atoms with Gasteiger partial charge in [0, 0.05) is 24.6 Å². The normalized spacial score (nSPS) is 17.2. The maximum absolute atomic E-state index is 12.8. The third-order valence-electron chi connectivity index (χ3n) is 3.83. The van der Waals surface area contributed by atoms with Crippen LogP contribution in [-0.2, 0) is 0 Å². The molecule has 1 heterocycles. The molecule has 0 bridgehead atoms. The summed E-state index contributed by atoms with van der Waals surface area (Å²) in [4.78, 5) is 14.4. The van der Waals surface area contributed by atoms with E-state index in [4.69, 9.17) is 5.73 Å². The molecule has 1 unspecified atom stereocenters. The summed E-state index contributed by atoms with van der Waals surface area (Å²) in [5.41, 5.74) is 5.97. The number of nitrogens with two attached hydrogens (primary N) is 1. The lowest BCUT2D eigenvalue weighted by Crippen LogP contribution is -2.42. The lowest BCUT2D eigenvalue weighted by Gasteiger charge is -2.32. The number of likely N-dealkylation sites (tertiary alicyclic amines) is 1. The van der Waals surface area contributed by atoms with Crippen LogP contribution in [0.15, 0.2) is 24.3 Å². The summed E-state index contributed by atoms with van der Waals surface area (Å²) in [6.45, 7) is 2.39. The molecular weight excluding hydrogens is 330 g/mol. The van der Waals surface area contributed by atoms with E-state index in [1.807, 2.05) is 0 Å². The average molecular weight is 353 g/mol. The van der Waals surface area contributed by atoms with E-state index < -0.39 is 6.10 Å². The molecule has 126 valence electrons. The van der Waals surface area contributed by atoms with E-state index in [-0.39, 0.29) is 48.9 Å². The molecule has 0 aromatic heterocycles. The minimum absolute atomic E-state index is 0. The van der Waals surface area contributed by atoms with E-state index in [0.717, 1.165) is 25.9 Å². The molecule has 0 spiro atoms. The maximum Gasteiger partial charge on any atom is 0.166 e. The number of benzene rings is 1. The molecule has 2 rings (SSSR count). The Hall–Kier alpha value is -0.720. The topological polar surface area (TPSA) is 66.6 Å². The van der Waals surface area contributed by atoms with E-state index in [2.05, 4.69) is 4.90 Å². The zero-order chi connectivity index (χ0) is 14.5. The fourth-order valence-corrected chi connectivity index (χ4v) is 2.60. The SMILES string of the molecule is Cl.Cl.NCC(O)CN1CCC(C(=O)c2ccc(F)cc2)CC1. The van der Waals surface area contributed by atoms with Crippen molar-refractivity contribution >= 4 is 30.6 Å². The molecule has 1 saturated heterocycles. The van der Waals surface area contributed by atoms with Crippen molar-refractivity contribution in [3.8, 4) is 0 Å². The Bertz CT molecular complexity index is 451. The Labute approximate surface area is 142 Å². The first kappa shape index (κ1) is 21.3. The number of carbonyl (C=O) groups excluding carboxylic acids is 1. The van der Waals surface area contributed by atoms with Crippen LogP contribution in [0.25, 0.3) is 0 Å². The number of ketones is 1. The molecule has 22 heavy (non-hydrogen) atoms. The average Bonchev–Trinajstić information content (AvgIpc) is 2.48. The van der Waals surface area contributed by atoms with Crippen LogP contribution in [0.2, 0.25) is 0 Å². The second kappa shape index (κ2) is 10.1. The van der Waals surface area contributed by atoms with Gasteiger partial charge in [-0.15, -0.1) is 24.8 Å². The van der Waals surface area contributed by atoms with Crippen LogP contribution in [-0.4, -0.2) is 48.1 Å². The van der Waals surface area contributed by atoms with E-state index in [9.17, 15) is 14.3 Å². The van der Waals surface area contributed by atoms with Crippen molar-refractivity contribution in [1.29, 1.82) is 0 Å². The molecule has 1 aliphatic rings. The van der Waals surface area contributed by atoms with Crippen molar-refractivity contribution in [3.05, 3.63) is 35.6 Å². The summed E-state index contributed by atoms with van der Waals surface area (Å²) in [5.74, 6) is -0.247. The highest BCUT2D eigenvalue weighted by Gasteiger charge is 2.26. The monoisotopic (exact) mass is 352 g/mol. The van der Waals surface area contributed by atoms with Gasteiger partial charge < -0.3 is 15.7 Å². The number of aliphatic hydroxyl groups is 1. The Morgan fingerprint density at radius 1 is 1.27 bits per heavy atom. The summed E-state index contributed by atoms with van der Waals surface area (Å²) in [6.07, 6.45) is 1.04. The van der Waals surface area contributed by atoms with Crippen molar-refractivity contribution in [1.82, 2.24) is 4.90 Å². The molecule has 1 fully saturated rings. The second-order valence-electron chi connectivity index (χ2n) is 5.34. The smallest absolute Gasteiger partial charge is 0.166 e. The number of carbonyl (C=O) groups is 1. The van der Waals surface area contributed by atoms with E-state index in [1.54, 1.807) is 12.1 Å². The molecule has 1 atom stereocenters. The first-order chi connectivity index (χ1) is 9.60. The largest absolute Gasteiger partial charge is 0.390 e. The van der Waals surface area contributed by atoms with Crippen LogP contribution in [0.5, 0.6) is 0 Å². The van der Waals surface area contributed by atoms with Crippen molar-refractivity contribution in [2.45, 2.75) is 18.9 Å². The van der Waals surface area contributed by atoms with Crippen molar-refractivity contribution in [2.24, 2.45) is 11.7 Å². The fourth-order valence-electron chi connectivity index (χ4n) is 2.60. The van der Waals surface area contributed by atoms with Gasteiger partial charge in [-0.25, -0.2) is 4.39 Å². The van der Waals surface area contributed by atoms with Crippen LogP contribution in [0.1, 0.15) is 23.2 Å². The Balaban J connectivity index is 0.00000220. The zero-order valence-corrected chi connectivity index (χ0v) is 13.9. The van der Waals surface area contributed by atoms with Crippen LogP contribution < -0.4 is 5.73 Å². The van der Waals surface area contributed by atoms with Gasteiger partial charge in [0.2, 0.25) is 0 Å². The number of hydrogen-bond donors (Lipinski definition) is 2. The molecule has 7 heteroatoms. The van der Waals surface area contributed by atoms with Gasteiger partial charge in [-0.1, -0.05) is 0 Å². The molecular formula is C15H23Cl2FN2O2. The fraction of sp³-hybridized carbons (Fsp3) is 0.533. The highest BCUT2D eigenvalue weighted by Crippen LogP contribution is 2.22. The zero-order valence-electron chi connectivity index (χ0n) is 12.3. The highest BCUT2D eigenvalue weighted by molar-refractivity contribution is 5.97. The second-order valence-corrected chi connectivity index (χ2v) is 5.34. The van der Waals surface area contributed by atoms with Crippen molar-refractivity contribution in [2.75, 3.05) is 26.2 Å². The number of nitrogens with zero attached hydrogens (tertiary/aromatic N) is 1. The summed E-state index contributed by atoms with van der Waals surface area (Å²) < 4.78 is 12.8. The minimum Gasteiger partial charge on any atom is -0.390 e. The number of halogens is 3. The number of Topliss-reactive ketones (excluding diaryl/α,β-unsaturated/α-hetero) is 1. The van der Waals surface area contributed by atoms with Gasteiger partial charge >= 0.3 is 0 Å². The predicted octanol–water partition coefficient (Wildman–Crippen LogP) is 1.88. The van der Waals surface area contributed by atoms with Gasteiger partial charge in [0.1, 0.15) is 5.82 Å². The number of piperidine rings is 1. The first-order valence-electron chi connectivity index (χ1n) is 7.00. The molecule has 0 saturated carbocycles. The molecule has 1 aromatic carbocycles. The predicted molar refractivity (Wildman–Crippen MR) is 89.5 cm³/mol. The van der Waals surface area contributed by atoms with Gasteiger partial charge in [0.05, 0.1) is 6.10 Å². The van der Waals surface area contributed by atoms with E-state index in [1.165, 1.54) is 12.1 Å². The van der Waals surface area contributed by atoms with E-state index in [0.29, 0.717) is 12.1 Å². The quantitative estimate of drug-likeness (QED) is 0.794. The standard InChI is InChI=1S/C15H21FN2O2.2ClH/c16-13-3-1-11(2-4-13)15(20)12-5-7-18(8-6-12)10-14(19)9-17;;/h1-4,12,14,19H,5-10,17H2;2*1H. The lowest BCUT2D eigenvalue weighted by molar-refractivity contribution is 0.0744. The number of hydrogen-bond acceptors (Lipinski definition) is 4. The van der Waals surface area contributed by atoms with Gasteiger partial charge in [-0.05, 0) is 50.2 Å². The maximum atomic E-state index is 12.8. The summed E-state index contributed by atoms with van der Waals surface area (Å²) in [6, 6.07) is 5.73. The molecule has 3 N–H and O–H groups in total.